The molecule has 0 radical (unpaired) electrons. The van der Waals surface area contributed by atoms with Gasteiger partial charge in [0.05, 0.1) is 12.5 Å². The van der Waals surface area contributed by atoms with E-state index in [4.69, 9.17) is 11.5 Å². The number of ketones is 1. The maximum Gasteiger partial charge on any atom is 0.326 e. The van der Waals surface area contributed by atoms with E-state index in [1.807, 2.05) is 19.9 Å². The Kier molecular flexibility index (Phi) is 27.2. The highest BCUT2D eigenvalue weighted by molar-refractivity contribution is 6.09. The number of rotatable bonds is 36. The maximum absolute atomic E-state index is 13.6. The minimum Gasteiger partial charge on any atom is -0.480 e. The summed E-state index contributed by atoms with van der Waals surface area (Å²) >= 11 is 0. The minimum absolute atomic E-state index is 0.0287. The van der Waals surface area contributed by atoms with Crippen LogP contribution in [0.3, 0.4) is 0 Å². The van der Waals surface area contributed by atoms with Crippen molar-refractivity contribution in [2.75, 3.05) is 0 Å². The van der Waals surface area contributed by atoms with Gasteiger partial charge in [-0.15, -0.1) is 0 Å². The Morgan fingerprint density at radius 3 is 1.38 bits per heavy atom. The van der Waals surface area contributed by atoms with E-state index in [0.29, 0.717) is 35.1 Å². The number of unbranched alkanes of at least 4 members (excludes halogenated alkanes) is 11. The monoisotopic (exact) mass is 1010 g/mol. The van der Waals surface area contributed by atoms with E-state index in [1.54, 1.807) is 78.9 Å². The van der Waals surface area contributed by atoms with Crippen molar-refractivity contribution in [3.8, 4) is 0 Å². The molecule has 3 aromatic carbocycles. The number of nitrogens with one attached hydrogen (secondary N) is 5. The highest BCUT2D eigenvalue weighted by Gasteiger charge is 2.32. The molecule has 3 aromatic rings. The number of benzene rings is 3. The molecule has 0 fully saturated rings. The molecular weight excluding hydrogens is 935 g/mol. The lowest BCUT2D eigenvalue weighted by Gasteiger charge is -2.27. The minimum atomic E-state index is -1.32. The fraction of sp³-hybridized carbons (Fsp3) is 0.509. The third kappa shape index (κ3) is 23.9. The van der Waals surface area contributed by atoms with E-state index in [2.05, 4.69) is 26.6 Å². The van der Waals surface area contributed by atoms with E-state index in [1.165, 1.54) is 6.92 Å². The lowest BCUT2D eigenvalue weighted by Crippen LogP contribution is -2.59. The Labute approximate surface area is 429 Å². The van der Waals surface area contributed by atoms with Crippen LogP contribution in [0.15, 0.2) is 84.9 Å². The quantitative estimate of drug-likeness (QED) is 0.0289. The molecule has 73 heavy (non-hydrogen) atoms. The molecule has 0 aliphatic heterocycles. The van der Waals surface area contributed by atoms with Crippen LogP contribution in [0.5, 0.6) is 0 Å². The summed E-state index contributed by atoms with van der Waals surface area (Å²) < 4.78 is 0. The topological polar surface area (TPSA) is 306 Å². The second kappa shape index (κ2) is 32.9. The lowest BCUT2D eigenvalue weighted by atomic mass is 9.98. The van der Waals surface area contributed by atoms with Crippen molar-refractivity contribution in [1.29, 1.82) is 0 Å². The van der Waals surface area contributed by atoms with Gasteiger partial charge in [-0.25, -0.2) is 4.79 Å². The molecule has 0 aliphatic rings. The van der Waals surface area contributed by atoms with Crippen molar-refractivity contribution >= 4 is 53.1 Å². The number of carbonyl (C=O) groups excluding carboxylic acids is 8. The molecule has 6 atom stereocenters. The SMILES string of the molecule is CC(C)C[C@H](NC(=O)[C@@H](NC(=O)CCCCCCCCCCCCCCC(=O)N[C@@H](CC(N)=O)C(=O)N[C@@H](Cc1ccccc1)C(=O)O)[C@H](C)O)C(=O)N[C@@H](Cc1ccc(C(=O)c2ccccc2)cc1)C(N)=O. The highest BCUT2D eigenvalue weighted by Crippen LogP contribution is 2.16. The molecule has 0 aromatic heterocycles. The van der Waals surface area contributed by atoms with Crippen molar-refractivity contribution in [2.45, 2.75) is 173 Å². The van der Waals surface area contributed by atoms with Crippen LogP contribution in [0.2, 0.25) is 0 Å². The molecule has 3 rings (SSSR count). The maximum atomic E-state index is 13.6. The Morgan fingerprint density at radius 1 is 0.479 bits per heavy atom. The average molecular weight is 1010 g/mol. The van der Waals surface area contributed by atoms with Crippen LogP contribution >= 0.6 is 0 Å². The van der Waals surface area contributed by atoms with Gasteiger partial charge >= 0.3 is 5.97 Å². The van der Waals surface area contributed by atoms with Gasteiger partial charge in [0.1, 0.15) is 30.2 Å². The van der Waals surface area contributed by atoms with Crippen molar-refractivity contribution in [3.05, 3.63) is 107 Å². The van der Waals surface area contributed by atoms with Gasteiger partial charge in [-0.3, -0.25) is 38.4 Å². The first-order valence-electron chi connectivity index (χ1n) is 25.6. The summed E-state index contributed by atoms with van der Waals surface area (Å²) in [6, 6.07) is 18.1. The van der Waals surface area contributed by atoms with Gasteiger partial charge in [-0.1, -0.05) is 163 Å². The van der Waals surface area contributed by atoms with Gasteiger partial charge in [0.25, 0.3) is 0 Å². The number of aliphatic carboxylic acids is 1. The largest absolute Gasteiger partial charge is 0.480 e. The fourth-order valence-corrected chi connectivity index (χ4v) is 8.23. The van der Waals surface area contributed by atoms with E-state index < -0.39 is 90.1 Å². The van der Waals surface area contributed by atoms with Crippen LogP contribution in [0.25, 0.3) is 0 Å². The first-order valence-corrected chi connectivity index (χ1v) is 25.6. The van der Waals surface area contributed by atoms with Gasteiger partial charge < -0.3 is 48.3 Å². The Balaban J connectivity index is 1.30. The zero-order valence-corrected chi connectivity index (χ0v) is 42.6. The molecule has 18 nitrogen and oxygen atoms in total. The molecule has 7 amide bonds. The Bertz CT molecular complexity index is 2240. The van der Waals surface area contributed by atoms with Crippen LogP contribution in [0.4, 0.5) is 0 Å². The van der Waals surface area contributed by atoms with Crippen LogP contribution in [0.1, 0.15) is 151 Å². The summed E-state index contributed by atoms with van der Waals surface area (Å²) in [5, 5.41) is 33.0. The molecule has 0 saturated heterocycles. The van der Waals surface area contributed by atoms with Crippen LogP contribution in [-0.2, 0) is 51.2 Å². The normalized spacial score (nSPS) is 13.5. The smallest absolute Gasteiger partial charge is 0.326 e. The van der Waals surface area contributed by atoms with Crippen LogP contribution in [0, 0.1) is 5.92 Å². The van der Waals surface area contributed by atoms with Gasteiger partial charge in [-0.05, 0) is 43.2 Å². The molecule has 11 N–H and O–H groups in total. The molecule has 0 unspecified atom stereocenters. The molecular formula is C55H77N7O11. The van der Waals surface area contributed by atoms with Gasteiger partial charge in [0.15, 0.2) is 5.78 Å². The number of carboxylic acids is 1. The van der Waals surface area contributed by atoms with E-state index in [0.717, 1.165) is 64.2 Å². The number of amides is 7. The number of hydrogen-bond donors (Lipinski definition) is 9. The average Bonchev–Trinajstić information content (AvgIpc) is 3.34. The van der Waals surface area contributed by atoms with E-state index in [9.17, 15) is 53.4 Å². The van der Waals surface area contributed by atoms with Crippen molar-refractivity contribution in [2.24, 2.45) is 17.4 Å². The van der Waals surface area contributed by atoms with Gasteiger partial charge in [0.2, 0.25) is 41.4 Å². The molecule has 0 aliphatic carbocycles. The second-order valence-corrected chi connectivity index (χ2v) is 19.2. The van der Waals surface area contributed by atoms with Gasteiger partial charge in [0, 0.05) is 36.8 Å². The summed E-state index contributed by atoms with van der Waals surface area (Å²) in [6.45, 7) is 5.09. The standard InChI is InChI=1S/C55H77N7O11/c1-36(2)32-43(52(69)59-42(51(57)68)33-39-28-30-41(31-29-39)50(67)40-24-18-15-19-25-40)60-54(71)49(37(3)63)62-48(66)27-21-13-11-9-7-5-4-6-8-10-12-20-26-47(65)58-44(35-46(56)64)53(70)61-45(55(72)73)34-38-22-16-14-17-23-38/h14-19,22-25,28-31,36-37,42-45,49,63H,4-13,20-21,26-27,32-35H2,1-3H3,(H2,56,64)(H2,57,68)(H,58,65)(H,59,69)(H,60,71)(H,61,70)(H,62,66)(H,72,73)/t37-,42-,43-,44-,45-,49-/m0/s1. The molecule has 0 spiro atoms. The number of primary amides is 2. The van der Waals surface area contributed by atoms with Crippen molar-refractivity contribution in [3.63, 3.8) is 0 Å². The zero-order valence-electron chi connectivity index (χ0n) is 42.6. The second-order valence-electron chi connectivity index (χ2n) is 19.2. The number of aliphatic hydroxyl groups is 1. The third-order valence-electron chi connectivity index (χ3n) is 12.3. The molecule has 18 heteroatoms. The summed E-state index contributed by atoms with van der Waals surface area (Å²) in [4.78, 5) is 114. The summed E-state index contributed by atoms with van der Waals surface area (Å²) in [6.07, 6.45) is 9.75. The molecule has 0 bridgehead atoms. The van der Waals surface area contributed by atoms with Crippen LogP contribution < -0.4 is 38.1 Å². The van der Waals surface area contributed by atoms with Gasteiger partial charge in [-0.2, -0.15) is 0 Å². The first kappa shape index (κ1) is 60.4. The number of aliphatic hydroxyl groups excluding tert-OH is 1. The first-order chi connectivity index (χ1) is 34.8. The number of carbonyl (C=O) groups is 9. The van der Waals surface area contributed by atoms with E-state index in [-0.39, 0.29) is 43.8 Å². The molecule has 0 heterocycles. The predicted molar refractivity (Wildman–Crippen MR) is 276 cm³/mol. The third-order valence-corrected chi connectivity index (χ3v) is 12.3. The van der Waals surface area contributed by atoms with Crippen molar-refractivity contribution in [1.82, 2.24) is 26.6 Å². The zero-order chi connectivity index (χ0) is 53.7. The predicted octanol–water partition coefficient (Wildman–Crippen LogP) is 4.46. The summed E-state index contributed by atoms with van der Waals surface area (Å²) in [5.74, 6) is -6.07. The summed E-state index contributed by atoms with van der Waals surface area (Å²) in [5.41, 5.74) is 13.3. The van der Waals surface area contributed by atoms with Crippen LogP contribution in [-0.4, -0.2) is 99.6 Å². The highest BCUT2D eigenvalue weighted by atomic mass is 16.4. The summed E-state index contributed by atoms with van der Waals surface area (Å²) in [7, 11) is 0. The Morgan fingerprint density at radius 2 is 0.904 bits per heavy atom. The molecule has 398 valence electrons. The van der Waals surface area contributed by atoms with E-state index >= 15 is 0 Å². The Hall–Kier alpha value is -6.95. The lowest BCUT2D eigenvalue weighted by molar-refractivity contribution is -0.142. The molecule has 0 saturated carbocycles. The fourth-order valence-electron chi connectivity index (χ4n) is 8.23. The number of carboxylic acid groups (broad SMARTS) is 1. The number of hydrogen-bond acceptors (Lipinski definition) is 10. The van der Waals surface area contributed by atoms with Crippen molar-refractivity contribution < 1.29 is 53.4 Å². The number of nitrogens with two attached hydrogens (primary N) is 2.